The number of carbonyl (C=O) groups excluding carboxylic acids is 1. The van der Waals surface area contributed by atoms with Crippen molar-refractivity contribution in [2.45, 2.75) is 0 Å². The molecule has 2 heterocycles. The van der Waals surface area contributed by atoms with Gasteiger partial charge >= 0.3 is 5.97 Å². The molecule has 112 valence electrons. The molecular formula is C18H13N3O2. The SMILES string of the molecule is COC(=O)c1cnn2c1c(-c1ccccc1)nc1ccccc12. The third kappa shape index (κ3) is 2.05. The van der Waals surface area contributed by atoms with Crippen LogP contribution in [0.2, 0.25) is 0 Å². The van der Waals surface area contributed by atoms with E-state index in [1.165, 1.54) is 13.3 Å². The standard InChI is InChI=1S/C18H13N3O2/c1-23-18(22)13-11-19-21-15-10-6-5-9-14(15)20-16(17(13)21)12-7-3-2-4-8-12/h2-11H,1H3. The van der Waals surface area contributed by atoms with E-state index >= 15 is 0 Å². The van der Waals surface area contributed by atoms with Crippen LogP contribution in [0.15, 0.2) is 60.8 Å². The van der Waals surface area contributed by atoms with Gasteiger partial charge in [-0.05, 0) is 12.1 Å². The molecule has 0 saturated heterocycles. The number of hydrogen-bond acceptors (Lipinski definition) is 4. The second-order valence-electron chi connectivity index (χ2n) is 5.13. The van der Waals surface area contributed by atoms with Crippen LogP contribution < -0.4 is 0 Å². The van der Waals surface area contributed by atoms with Crippen LogP contribution in [0.4, 0.5) is 0 Å². The molecule has 0 saturated carbocycles. The molecule has 0 aliphatic carbocycles. The molecule has 0 aliphatic rings. The number of para-hydroxylation sites is 2. The topological polar surface area (TPSA) is 56.5 Å². The van der Waals surface area contributed by atoms with E-state index in [1.54, 1.807) is 4.52 Å². The summed E-state index contributed by atoms with van der Waals surface area (Å²) in [6.07, 6.45) is 1.53. The molecule has 0 atom stereocenters. The summed E-state index contributed by atoms with van der Waals surface area (Å²) in [6, 6.07) is 17.5. The average Bonchev–Trinajstić information content (AvgIpc) is 3.06. The summed E-state index contributed by atoms with van der Waals surface area (Å²) in [6.45, 7) is 0. The number of ether oxygens (including phenoxy) is 1. The van der Waals surface area contributed by atoms with Crippen molar-refractivity contribution in [2.24, 2.45) is 0 Å². The van der Waals surface area contributed by atoms with Gasteiger partial charge in [-0.1, -0.05) is 42.5 Å². The zero-order valence-electron chi connectivity index (χ0n) is 12.4. The Morgan fingerprint density at radius 2 is 1.78 bits per heavy atom. The third-order valence-electron chi connectivity index (χ3n) is 3.79. The largest absolute Gasteiger partial charge is 0.465 e. The smallest absolute Gasteiger partial charge is 0.341 e. The number of esters is 1. The highest BCUT2D eigenvalue weighted by molar-refractivity contribution is 6.02. The van der Waals surface area contributed by atoms with Crippen LogP contribution in [0.1, 0.15) is 10.4 Å². The summed E-state index contributed by atoms with van der Waals surface area (Å²) < 4.78 is 6.63. The van der Waals surface area contributed by atoms with E-state index in [4.69, 9.17) is 9.72 Å². The number of aromatic nitrogens is 3. The number of rotatable bonds is 2. The Bertz CT molecular complexity index is 1020. The monoisotopic (exact) mass is 303 g/mol. The summed E-state index contributed by atoms with van der Waals surface area (Å²) in [5.74, 6) is -0.422. The Morgan fingerprint density at radius 3 is 2.57 bits per heavy atom. The van der Waals surface area contributed by atoms with Gasteiger partial charge in [-0.3, -0.25) is 0 Å². The van der Waals surface area contributed by atoms with Gasteiger partial charge in [-0.2, -0.15) is 5.10 Å². The van der Waals surface area contributed by atoms with Gasteiger partial charge in [0, 0.05) is 5.56 Å². The maximum atomic E-state index is 12.1. The first-order valence-electron chi connectivity index (χ1n) is 7.20. The van der Waals surface area contributed by atoms with Crippen LogP contribution in [0.25, 0.3) is 27.8 Å². The van der Waals surface area contributed by atoms with E-state index in [0.29, 0.717) is 16.8 Å². The molecule has 0 aliphatic heterocycles. The van der Waals surface area contributed by atoms with Crippen molar-refractivity contribution in [3.05, 3.63) is 66.4 Å². The van der Waals surface area contributed by atoms with Gasteiger partial charge in [0.15, 0.2) is 0 Å². The normalized spacial score (nSPS) is 11.0. The molecule has 0 amide bonds. The molecule has 23 heavy (non-hydrogen) atoms. The van der Waals surface area contributed by atoms with Crippen molar-refractivity contribution < 1.29 is 9.53 Å². The quantitative estimate of drug-likeness (QED) is 0.533. The Hall–Kier alpha value is -3.21. The van der Waals surface area contributed by atoms with Gasteiger partial charge in [0.2, 0.25) is 0 Å². The summed E-state index contributed by atoms with van der Waals surface area (Å²) in [4.78, 5) is 16.9. The zero-order chi connectivity index (χ0) is 15.8. The fourth-order valence-corrected chi connectivity index (χ4v) is 2.73. The lowest BCUT2D eigenvalue weighted by Gasteiger charge is -2.08. The Kier molecular flexibility index (Phi) is 3.05. The van der Waals surface area contributed by atoms with E-state index in [-0.39, 0.29) is 0 Å². The Morgan fingerprint density at radius 1 is 1.04 bits per heavy atom. The summed E-state index contributed by atoms with van der Waals surface area (Å²) in [7, 11) is 1.36. The minimum absolute atomic E-state index is 0.407. The van der Waals surface area contributed by atoms with Crippen LogP contribution >= 0.6 is 0 Å². The van der Waals surface area contributed by atoms with Gasteiger partial charge in [-0.25, -0.2) is 14.3 Å². The molecule has 5 nitrogen and oxygen atoms in total. The van der Waals surface area contributed by atoms with Crippen molar-refractivity contribution in [1.29, 1.82) is 0 Å². The number of carbonyl (C=O) groups is 1. The first kappa shape index (κ1) is 13.5. The highest BCUT2D eigenvalue weighted by Crippen LogP contribution is 2.28. The van der Waals surface area contributed by atoms with Crippen LogP contribution in [-0.4, -0.2) is 27.7 Å². The van der Waals surface area contributed by atoms with E-state index in [1.807, 2.05) is 54.6 Å². The second-order valence-corrected chi connectivity index (χ2v) is 5.13. The van der Waals surface area contributed by atoms with Crippen molar-refractivity contribution in [1.82, 2.24) is 14.6 Å². The van der Waals surface area contributed by atoms with Crippen molar-refractivity contribution in [3.8, 4) is 11.3 Å². The maximum absolute atomic E-state index is 12.1. The number of benzene rings is 2. The van der Waals surface area contributed by atoms with Gasteiger partial charge in [0.05, 0.1) is 30.0 Å². The molecular weight excluding hydrogens is 290 g/mol. The first-order valence-corrected chi connectivity index (χ1v) is 7.20. The zero-order valence-corrected chi connectivity index (χ0v) is 12.4. The minimum atomic E-state index is -0.422. The number of fused-ring (bicyclic) bond motifs is 3. The fourth-order valence-electron chi connectivity index (χ4n) is 2.73. The first-order chi connectivity index (χ1) is 11.3. The molecule has 2 aromatic heterocycles. The van der Waals surface area contributed by atoms with Gasteiger partial charge < -0.3 is 4.74 Å². The molecule has 5 heteroatoms. The van der Waals surface area contributed by atoms with Crippen molar-refractivity contribution >= 4 is 22.5 Å². The van der Waals surface area contributed by atoms with Gasteiger partial charge in [0.25, 0.3) is 0 Å². The molecule has 0 radical (unpaired) electrons. The number of methoxy groups -OCH3 is 1. The van der Waals surface area contributed by atoms with E-state index in [0.717, 1.165) is 16.6 Å². The molecule has 4 aromatic rings. The molecule has 0 bridgehead atoms. The van der Waals surface area contributed by atoms with Crippen LogP contribution in [-0.2, 0) is 4.74 Å². The molecule has 0 unspecified atom stereocenters. The van der Waals surface area contributed by atoms with Gasteiger partial charge in [0.1, 0.15) is 11.1 Å². The molecule has 0 spiro atoms. The lowest BCUT2D eigenvalue weighted by molar-refractivity contribution is 0.0603. The summed E-state index contributed by atoms with van der Waals surface area (Å²) >= 11 is 0. The lowest BCUT2D eigenvalue weighted by atomic mass is 10.1. The van der Waals surface area contributed by atoms with Crippen molar-refractivity contribution in [2.75, 3.05) is 7.11 Å². The number of hydrogen-bond donors (Lipinski definition) is 0. The van der Waals surface area contributed by atoms with Crippen LogP contribution in [0.3, 0.4) is 0 Å². The van der Waals surface area contributed by atoms with E-state index in [2.05, 4.69) is 5.10 Å². The average molecular weight is 303 g/mol. The lowest BCUT2D eigenvalue weighted by Crippen LogP contribution is -2.03. The summed E-state index contributed by atoms with van der Waals surface area (Å²) in [5, 5.41) is 4.38. The highest BCUT2D eigenvalue weighted by atomic mass is 16.5. The second kappa shape index (κ2) is 5.21. The predicted molar refractivity (Wildman–Crippen MR) is 87.3 cm³/mol. The van der Waals surface area contributed by atoms with E-state index < -0.39 is 5.97 Å². The molecule has 2 aromatic carbocycles. The minimum Gasteiger partial charge on any atom is -0.465 e. The molecule has 0 fully saturated rings. The fraction of sp³-hybridized carbons (Fsp3) is 0.0556. The maximum Gasteiger partial charge on any atom is 0.341 e. The Labute approximate surface area is 132 Å². The predicted octanol–water partition coefficient (Wildman–Crippen LogP) is 3.34. The number of nitrogens with zero attached hydrogens (tertiary/aromatic N) is 3. The Balaban J connectivity index is 2.17. The van der Waals surface area contributed by atoms with Crippen molar-refractivity contribution in [3.63, 3.8) is 0 Å². The van der Waals surface area contributed by atoms with E-state index in [9.17, 15) is 4.79 Å². The van der Waals surface area contributed by atoms with Crippen LogP contribution in [0.5, 0.6) is 0 Å². The highest BCUT2D eigenvalue weighted by Gasteiger charge is 2.20. The molecule has 0 N–H and O–H groups in total. The van der Waals surface area contributed by atoms with Gasteiger partial charge in [-0.15, -0.1) is 0 Å². The third-order valence-corrected chi connectivity index (χ3v) is 3.79. The summed E-state index contributed by atoms with van der Waals surface area (Å²) in [5.41, 5.74) is 4.36. The van der Waals surface area contributed by atoms with Crippen LogP contribution in [0, 0.1) is 0 Å². The molecule has 4 rings (SSSR count).